The van der Waals surface area contributed by atoms with E-state index in [1.807, 2.05) is 31.4 Å². The van der Waals surface area contributed by atoms with Gasteiger partial charge in [-0.3, -0.25) is 4.98 Å². The Hall–Kier alpha value is -2.79. The molecule has 4 aromatic rings. The van der Waals surface area contributed by atoms with Gasteiger partial charge in [0.15, 0.2) is 5.82 Å². The van der Waals surface area contributed by atoms with Crippen molar-refractivity contribution in [3.63, 3.8) is 0 Å². The Morgan fingerprint density at radius 1 is 0.880 bits per heavy atom. The average Bonchev–Trinajstić information content (AvgIpc) is 3.17. The predicted octanol–water partition coefficient (Wildman–Crippen LogP) is 4.88. The summed E-state index contributed by atoms with van der Waals surface area (Å²) < 4.78 is 0. The van der Waals surface area contributed by atoms with Crippen LogP contribution < -0.4 is 4.90 Å². The lowest BCUT2D eigenvalue weighted by molar-refractivity contribution is 0.910. The fourth-order valence-electron chi connectivity index (χ4n) is 2.81. The van der Waals surface area contributed by atoms with Gasteiger partial charge in [-0.05, 0) is 31.2 Å². The van der Waals surface area contributed by atoms with E-state index in [2.05, 4.69) is 63.4 Å². The van der Waals surface area contributed by atoms with E-state index in [-0.39, 0.29) is 0 Å². The first-order valence-corrected chi connectivity index (χ1v) is 9.07. The molecule has 0 spiro atoms. The average molecular weight is 346 g/mol. The van der Waals surface area contributed by atoms with E-state index in [4.69, 9.17) is 0 Å². The Bertz CT molecular complexity index is 1010. The molecular weight excluding hydrogens is 328 g/mol. The third kappa shape index (κ3) is 2.87. The van der Waals surface area contributed by atoms with Gasteiger partial charge in [0, 0.05) is 30.6 Å². The summed E-state index contributed by atoms with van der Waals surface area (Å²) in [6.45, 7) is 3.00. The lowest BCUT2D eigenvalue weighted by Crippen LogP contribution is -2.18. The summed E-state index contributed by atoms with van der Waals surface area (Å²) >= 11 is 1.70. The molecule has 0 saturated heterocycles. The Balaban J connectivity index is 1.84. The fourth-order valence-corrected chi connectivity index (χ4v) is 3.80. The Labute approximate surface area is 150 Å². The van der Waals surface area contributed by atoms with Crippen molar-refractivity contribution in [1.82, 2.24) is 15.2 Å². The molecule has 0 unspecified atom stereocenters. The van der Waals surface area contributed by atoms with Gasteiger partial charge in [0.1, 0.15) is 5.69 Å². The molecule has 0 bridgehead atoms. The number of fused-ring (bicyclic) bond motifs is 1. The van der Waals surface area contributed by atoms with Crippen LogP contribution in [0.25, 0.3) is 31.9 Å². The van der Waals surface area contributed by atoms with Crippen LogP contribution in [0, 0.1) is 0 Å². The summed E-state index contributed by atoms with van der Waals surface area (Å²) in [4.78, 5) is 8.79. The molecule has 0 fully saturated rings. The summed E-state index contributed by atoms with van der Waals surface area (Å²) in [5, 5.41) is 11.3. The normalized spacial score (nSPS) is 11.0. The molecule has 0 radical (unpaired) electrons. The molecular formula is C20H18N4S. The first-order chi connectivity index (χ1) is 12.3. The number of hydrogen-bond donors (Lipinski definition) is 0. The third-order valence-electron chi connectivity index (χ3n) is 4.26. The minimum atomic E-state index is 0.890. The molecule has 1 aromatic carbocycles. The van der Waals surface area contributed by atoms with Crippen molar-refractivity contribution < 1.29 is 0 Å². The lowest BCUT2D eigenvalue weighted by Gasteiger charge is -2.17. The summed E-state index contributed by atoms with van der Waals surface area (Å²) in [6.07, 6.45) is 1.82. The molecule has 0 saturated carbocycles. The fraction of sp³-hybridized carbons (Fsp3) is 0.150. The molecule has 0 amide bonds. The minimum absolute atomic E-state index is 0.890. The highest BCUT2D eigenvalue weighted by atomic mass is 32.1. The molecule has 25 heavy (non-hydrogen) atoms. The second kappa shape index (κ2) is 6.61. The van der Waals surface area contributed by atoms with Crippen molar-refractivity contribution in [3.05, 3.63) is 60.8 Å². The smallest absolute Gasteiger partial charge is 0.158 e. The second-order valence-corrected chi connectivity index (χ2v) is 6.89. The van der Waals surface area contributed by atoms with Gasteiger partial charge in [0.05, 0.1) is 15.4 Å². The first kappa shape index (κ1) is 15.7. The van der Waals surface area contributed by atoms with Gasteiger partial charge in [0.2, 0.25) is 0 Å². The summed E-state index contributed by atoms with van der Waals surface area (Å²) in [7, 11) is 2.04. The monoisotopic (exact) mass is 346 g/mol. The van der Waals surface area contributed by atoms with Crippen LogP contribution in [0.3, 0.4) is 0 Å². The van der Waals surface area contributed by atoms with E-state index in [1.165, 1.54) is 0 Å². The number of thiophene rings is 1. The molecule has 5 heteroatoms. The van der Waals surface area contributed by atoms with Gasteiger partial charge in [-0.25, -0.2) is 0 Å². The van der Waals surface area contributed by atoms with Crippen molar-refractivity contribution in [3.8, 4) is 21.1 Å². The summed E-state index contributed by atoms with van der Waals surface area (Å²) in [5.41, 5.74) is 1.91. The Kier molecular flexibility index (Phi) is 4.15. The topological polar surface area (TPSA) is 41.9 Å². The minimum Gasteiger partial charge on any atom is -0.358 e. The van der Waals surface area contributed by atoms with Crippen LogP contribution in [0.4, 0.5) is 5.82 Å². The number of benzene rings is 1. The summed E-state index contributed by atoms with van der Waals surface area (Å²) in [5.74, 6) is 0.920. The second-order valence-electron chi connectivity index (χ2n) is 5.81. The molecule has 3 heterocycles. The van der Waals surface area contributed by atoms with Crippen LogP contribution in [0.15, 0.2) is 60.8 Å². The molecule has 0 aliphatic heterocycles. The number of aromatic nitrogens is 3. The highest BCUT2D eigenvalue weighted by Gasteiger charge is 2.15. The number of rotatable bonds is 4. The predicted molar refractivity (Wildman–Crippen MR) is 105 cm³/mol. The SMILES string of the molecule is CCN(C)c1nnc(-c2ccc(-c3ccccn3)s2)c2ccccc12. The van der Waals surface area contributed by atoms with Crippen LogP contribution in [-0.2, 0) is 0 Å². The third-order valence-corrected chi connectivity index (χ3v) is 5.37. The first-order valence-electron chi connectivity index (χ1n) is 8.26. The van der Waals surface area contributed by atoms with Gasteiger partial charge in [-0.15, -0.1) is 21.5 Å². The highest BCUT2D eigenvalue weighted by molar-refractivity contribution is 7.18. The largest absolute Gasteiger partial charge is 0.358 e. The molecule has 3 aromatic heterocycles. The van der Waals surface area contributed by atoms with Crippen LogP contribution in [0.5, 0.6) is 0 Å². The maximum atomic E-state index is 4.55. The number of hydrogen-bond acceptors (Lipinski definition) is 5. The van der Waals surface area contributed by atoms with Crippen molar-refractivity contribution >= 4 is 27.9 Å². The highest BCUT2D eigenvalue weighted by Crippen LogP contribution is 2.37. The molecule has 0 aliphatic rings. The molecule has 4 nitrogen and oxygen atoms in total. The van der Waals surface area contributed by atoms with Crippen molar-refractivity contribution in [2.75, 3.05) is 18.5 Å². The zero-order valence-electron chi connectivity index (χ0n) is 14.2. The van der Waals surface area contributed by atoms with Gasteiger partial charge in [-0.1, -0.05) is 30.3 Å². The van der Waals surface area contributed by atoms with Crippen LogP contribution in [0.1, 0.15) is 6.92 Å². The van der Waals surface area contributed by atoms with E-state index in [1.54, 1.807) is 11.3 Å². The zero-order chi connectivity index (χ0) is 17.2. The van der Waals surface area contributed by atoms with E-state index >= 15 is 0 Å². The Morgan fingerprint density at radius 3 is 2.40 bits per heavy atom. The molecule has 0 aliphatic carbocycles. The number of nitrogens with zero attached hydrogens (tertiary/aromatic N) is 4. The lowest BCUT2D eigenvalue weighted by atomic mass is 10.1. The molecule has 124 valence electrons. The Morgan fingerprint density at radius 2 is 1.64 bits per heavy atom. The van der Waals surface area contributed by atoms with Gasteiger partial charge < -0.3 is 4.90 Å². The quantitative estimate of drug-likeness (QED) is 0.528. The number of anilines is 1. The molecule has 0 atom stereocenters. The molecule has 0 N–H and O–H groups in total. The van der Waals surface area contributed by atoms with Gasteiger partial charge >= 0.3 is 0 Å². The van der Waals surface area contributed by atoms with E-state index in [0.29, 0.717) is 0 Å². The van der Waals surface area contributed by atoms with E-state index < -0.39 is 0 Å². The van der Waals surface area contributed by atoms with Crippen molar-refractivity contribution in [2.24, 2.45) is 0 Å². The van der Waals surface area contributed by atoms with Gasteiger partial charge in [-0.2, -0.15) is 0 Å². The van der Waals surface area contributed by atoms with Gasteiger partial charge in [0.25, 0.3) is 0 Å². The number of pyridine rings is 1. The molecule has 4 rings (SSSR count). The summed E-state index contributed by atoms with van der Waals surface area (Å²) in [6, 6.07) is 18.5. The standard InChI is InChI=1S/C20H18N4S/c1-3-24(2)20-15-9-5-4-8-14(15)19(22-23-20)18-12-11-17(25-18)16-10-6-7-13-21-16/h4-13H,3H2,1-2H3. The van der Waals surface area contributed by atoms with Crippen molar-refractivity contribution in [1.29, 1.82) is 0 Å². The van der Waals surface area contributed by atoms with E-state index in [9.17, 15) is 0 Å². The zero-order valence-corrected chi connectivity index (χ0v) is 15.0. The maximum absolute atomic E-state index is 4.55. The van der Waals surface area contributed by atoms with Crippen LogP contribution in [0.2, 0.25) is 0 Å². The van der Waals surface area contributed by atoms with E-state index in [0.717, 1.165) is 44.3 Å². The van der Waals surface area contributed by atoms with Crippen LogP contribution >= 0.6 is 11.3 Å². The van der Waals surface area contributed by atoms with Crippen LogP contribution in [-0.4, -0.2) is 28.8 Å². The maximum Gasteiger partial charge on any atom is 0.158 e. The van der Waals surface area contributed by atoms with Crippen molar-refractivity contribution in [2.45, 2.75) is 6.92 Å².